The molecule has 1 aromatic carbocycles. The number of amides is 1. The molecule has 0 bridgehead atoms. The van der Waals surface area contributed by atoms with E-state index in [0.717, 1.165) is 37.6 Å². The normalized spacial score (nSPS) is 19.8. The molecule has 2 heterocycles. The molecule has 1 saturated heterocycles. The lowest BCUT2D eigenvalue weighted by molar-refractivity contribution is -0.289. The Kier molecular flexibility index (Phi) is 14.8. The third-order valence-corrected chi connectivity index (χ3v) is 8.10. The summed E-state index contributed by atoms with van der Waals surface area (Å²) >= 11 is 0. The van der Waals surface area contributed by atoms with Crippen LogP contribution in [0.3, 0.4) is 0 Å². The van der Waals surface area contributed by atoms with Gasteiger partial charge in [0.25, 0.3) is 0 Å². The molecule has 1 aliphatic rings. The number of H-pyrrole nitrogens is 1. The largest absolute Gasteiger partial charge is 0.494 e. The predicted molar refractivity (Wildman–Crippen MR) is 184 cm³/mol. The third kappa shape index (κ3) is 12.2. The summed E-state index contributed by atoms with van der Waals surface area (Å²) in [4.78, 5) is 71.8. The van der Waals surface area contributed by atoms with Gasteiger partial charge in [-0.15, -0.1) is 5.10 Å². The van der Waals surface area contributed by atoms with Crippen molar-refractivity contribution in [2.75, 3.05) is 13.2 Å². The molecule has 1 unspecified atom stereocenters. The summed E-state index contributed by atoms with van der Waals surface area (Å²) < 4.78 is 39.9. The van der Waals surface area contributed by atoms with Crippen molar-refractivity contribution in [2.24, 2.45) is 0 Å². The molecule has 1 aromatic heterocycles. The quantitative estimate of drug-likeness (QED) is 0.120. The number of aryl methyl sites for hydroxylation is 1. The Morgan fingerprint density at radius 3 is 2.13 bits per heavy atom. The summed E-state index contributed by atoms with van der Waals surface area (Å²) in [5.41, 5.74) is 1.79. The van der Waals surface area contributed by atoms with Crippen LogP contribution in [0.1, 0.15) is 96.5 Å². The predicted octanol–water partition coefficient (Wildman–Crippen LogP) is 3.03. The van der Waals surface area contributed by atoms with Crippen LogP contribution < -0.4 is 14.8 Å². The molecule has 0 saturated carbocycles. The van der Waals surface area contributed by atoms with Crippen LogP contribution in [0, 0.1) is 6.92 Å². The monoisotopic (exact) mass is 747 g/mol. The van der Waals surface area contributed by atoms with E-state index < -0.39 is 78.6 Å². The number of esters is 4. The highest BCUT2D eigenvalue weighted by atomic mass is 16.7. The first-order valence-electron chi connectivity index (χ1n) is 17.1. The Morgan fingerprint density at radius 2 is 1.57 bits per heavy atom. The first-order valence-corrected chi connectivity index (χ1v) is 17.1. The van der Waals surface area contributed by atoms with Crippen molar-refractivity contribution < 1.29 is 67.0 Å². The number of hydrogen-bond donors (Lipinski definition) is 3. The van der Waals surface area contributed by atoms with Gasteiger partial charge < -0.3 is 43.6 Å². The van der Waals surface area contributed by atoms with Crippen molar-refractivity contribution in [3.05, 3.63) is 40.6 Å². The van der Waals surface area contributed by atoms with E-state index in [1.54, 1.807) is 6.07 Å². The topological polar surface area (TPSA) is 228 Å². The molecule has 1 fully saturated rings. The van der Waals surface area contributed by atoms with Crippen molar-refractivity contribution >= 4 is 35.8 Å². The molecule has 1 amide bonds. The number of ether oxygens (including phenoxy) is 7. The van der Waals surface area contributed by atoms with E-state index in [4.69, 9.17) is 33.2 Å². The number of nitrogens with zero attached hydrogens (tertiary/aromatic N) is 1. The SMILES string of the molecule is CC(=O)OC[C@H]1OC(Oc2n[nH]c(C(C)C)c2Cc2ccc(OCCCC(=O)NC(C)(C)C(=O)O)cc2C)[C@H](OC(C)=O)[C@@H](OC(C)=O)[C@H]1OC(C)=O. The van der Waals surface area contributed by atoms with E-state index in [9.17, 15) is 33.9 Å². The molecule has 0 radical (unpaired) electrons. The van der Waals surface area contributed by atoms with Crippen LogP contribution in [-0.2, 0) is 58.9 Å². The minimum absolute atomic E-state index is 0.0357. The Balaban J connectivity index is 1.86. The van der Waals surface area contributed by atoms with Gasteiger partial charge >= 0.3 is 29.8 Å². The van der Waals surface area contributed by atoms with E-state index in [1.165, 1.54) is 20.8 Å². The fraction of sp³-hybridized carbons (Fsp3) is 0.583. The van der Waals surface area contributed by atoms with Crippen molar-refractivity contribution in [3.8, 4) is 11.6 Å². The van der Waals surface area contributed by atoms with Gasteiger partial charge in [-0.1, -0.05) is 19.9 Å². The average molecular weight is 748 g/mol. The van der Waals surface area contributed by atoms with Gasteiger partial charge in [0.2, 0.25) is 24.2 Å². The summed E-state index contributed by atoms with van der Waals surface area (Å²) in [7, 11) is 0. The lowest BCUT2D eigenvalue weighted by Crippen LogP contribution is -2.63. The lowest BCUT2D eigenvalue weighted by atomic mass is 9.96. The molecule has 0 aliphatic carbocycles. The van der Waals surface area contributed by atoms with Crippen LogP contribution in [0.4, 0.5) is 0 Å². The van der Waals surface area contributed by atoms with E-state index in [1.807, 2.05) is 32.9 Å². The number of hydrogen-bond acceptors (Lipinski definition) is 14. The van der Waals surface area contributed by atoms with Crippen molar-refractivity contribution in [3.63, 3.8) is 0 Å². The van der Waals surface area contributed by atoms with Crippen molar-refractivity contribution in [1.82, 2.24) is 15.5 Å². The Bertz CT molecular complexity index is 1650. The highest BCUT2D eigenvalue weighted by Crippen LogP contribution is 2.35. The second-order valence-electron chi connectivity index (χ2n) is 13.5. The van der Waals surface area contributed by atoms with Crippen LogP contribution in [-0.4, -0.2) is 101 Å². The average Bonchev–Trinajstić information content (AvgIpc) is 3.43. The molecule has 1 aliphatic heterocycles. The minimum Gasteiger partial charge on any atom is -0.494 e. The molecule has 53 heavy (non-hydrogen) atoms. The zero-order valence-corrected chi connectivity index (χ0v) is 31.4. The first-order chi connectivity index (χ1) is 24.8. The molecule has 3 N–H and O–H groups in total. The van der Waals surface area contributed by atoms with Crippen molar-refractivity contribution in [1.29, 1.82) is 0 Å². The van der Waals surface area contributed by atoms with E-state index in [2.05, 4.69) is 15.5 Å². The Labute approximate surface area is 307 Å². The summed E-state index contributed by atoms with van der Waals surface area (Å²) in [6, 6.07) is 5.51. The second-order valence-corrected chi connectivity index (χ2v) is 13.5. The number of carboxylic acid groups (broad SMARTS) is 1. The summed E-state index contributed by atoms with van der Waals surface area (Å²) in [5.74, 6) is -3.83. The van der Waals surface area contributed by atoms with Gasteiger partial charge in [0.05, 0.1) is 6.61 Å². The number of carboxylic acids is 1. The third-order valence-electron chi connectivity index (χ3n) is 8.10. The number of aromatic amines is 1. The molecule has 2 aromatic rings. The number of benzene rings is 1. The summed E-state index contributed by atoms with van der Waals surface area (Å²) in [5, 5.41) is 19.1. The molecule has 5 atom stereocenters. The van der Waals surface area contributed by atoms with Crippen LogP contribution in [0.25, 0.3) is 0 Å². The number of aromatic nitrogens is 2. The molecular weight excluding hydrogens is 698 g/mol. The van der Waals surface area contributed by atoms with E-state index >= 15 is 0 Å². The number of nitrogens with one attached hydrogen (secondary N) is 2. The highest BCUT2D eigenvalue weighted by molar-refractivity contribution is 5.86. The maximum absolute atomic E-state index is 12.3. The second kappa shape index (κ2) is 18.5. The van der Waals surface area contributed by atoms with Gasteiger partial charge in [0.1, 0.15) is 24.0 Å². The van der Waals surface area contributed by atoms with Crippen LogP contribution in [0.2, 0.25) is 0 Å². The van der Waals surface area contributed by atoms with Crippen LogP contribution >= 0.6 is 0 Å². The Hall–Kier alpha value is -5.19. The van der Waals surface area contributed by atoms with Gasteiger partial charge in [-0.05, 0) is 56.4 Å². The maximum atomic E-state index is 12.3. The van der Waals surface area contributed by atoms with E-state index in [0.29, 0.717) is 24.2 Å². The van der Waals surface area contributed by atoms with E-state index in [-0.39, 0.29) is 24.8 Å². The number of carbonyl (C=O) groups excluding carboxylic acids is 5. The summed E-state index contributed by atoms with van der Waals surface area (Å²) in [6.07, 6.45) is -6.06. The van der Waals surface area contributed by atoms with Crippen molar-refractivity contribution in [2.45, 2.75) is 124 Å². The van der Waals surface area contributed by atoms with Gasteiger partial charge in [0.15, 0.2) is 12.2 Å². The fourth-order valence-corrected chi connectivity index (χ4v) is 5.53. The Morgan fingerprint density at radius 1 is 0.943 bits per heavy atom. The zero-order chi connectivity index (χ0) is 39.6. The molecule has 0 spiro atoms. The maximum Gasteiger partial charge on any atom is 0.328 e. The van der Waals surface area contributed by atoms with Crippen LogP contribution in [0.5, 0.6) is 11.6 Å². The van der Waals surface area contributed by atoms with Gasteiger partial charge in [-0.2, -0.15) is 0 Å². The molecule has 17 heteroatoms. The highest BCUT2D eigenvalue weighted by Gasteiger charge is 2.53. The smallest absolute Gasteiger partial charge is 0.328 e. The van der Waals surface area contributed by atoms with Gasteiger partial charge in [0, 0.05) is 51.8 Å². The standard InChI is InChI=1S/C36H49N3O14/c1-18(2)29-26(16-24-12-13-25(15-19(24)3)47-14-10-11-28(44)37-36(8,9)35(45)46)33(39-38-29)53-34-32(51-23(7)43)31(50-22(6)42)30(49-21(5)41)27(52-34)17-48-20(4)40/h12-13,15,18,27,30-32,34H,10-11,14,16-17H2,1-9H3,(H,37,44)(H,38,39)(H,45,46)/t27-,30+,31+,32-,34?/m1/s1. The summed E-state index contributed by atoms with van der Waals surface area (Å²) in [6.45, 7) is 13.0. The molecule has 3 rings (SSSR count). The molecule has 292 valence electrons. The lowest BCUT2D eigenvalue weighted by Gasteiger charge is -2.43. The van der Waals surface area contributed by atoms with Gasteiger partial charge in [-0.3, -0.25) is 29.1 Å². The first kappa shape index (κ1) is 42.2. The number of rotatable bonds is 17. The fourth-order valence-electron chi connectivity index (χ4n) is 5.53. The molecule has 17 nitrogen and oxygen atoms in total. The molecular formula is C36H49N3O14. The number of carbonyl (C=O) groups is 6. The van der Waals surface area contributed by atoms with Gasteiger partial charge in [-0.25, -0.2) is 4.79 Å². The van der Waals surface area contributed by atoms with Crippen LogP contribution in [0.15, 0.2) is 18.2 Å². The zero-order valence-electron chi connectivity index (χ0n) is 31.4. The minimum atomic E-state index is -1.47. The number of aliphatic carboxylic acids is 1.